The molecule has 3 heterocycles. The molecule has 0 unspecified atom stereocenters. The van der Waals surface area contributed by atoms with Crippen LogP contribution in [0.5, 0.6) is 5.75 Å². The lowest BCUT2D eigenvalue weighted by Crippen LogP contribution is -2.34. The molecule has 5 rings (SSSR count). The second-order valence-corrected chi connectivity index (χ2v) is 11.4. The zero-order valence-electron chi connectivity index (χ0n) is 23.1. The number of halogens is 1. The summed E-state index contributed by atoms with van der Waals surface area (Å²) in [4.78, 5) is 24.1. The number of carbonyl (C=O) groups is 2. The van der Waals surface area contributed by atoms with E-state index in [1.54, 1.807) is 26.8 Å². The minimum absolute atomic E-state index is 0.0874. The van der Waals surface area contributed by atoms with Crippen molar-refractivity contribution in [3.63, 3.8) is 0 Å². The predicted octanol–water partition coefficient (Wildman–Crippen LogP) is 5.37. The van der Waals surface area contributed by atoms with Crippen molar-refractivity contribution in [2.24, 2.45) is 0 Å². The molecule has 1 aliphatic heterocycles. The Balaban J connectivity index is 1.29. The number of carbonyl (C=O) groups excluding carboxylic acids is 2. The highest BCUT2D eigenvalue weighted by Gasteiger charge is 2.21. The molecule has 9 nitrogen and oxygen atoms in total. The first-order valence-electron chi connectivity index (χ1n) is 13.3. The van der Waals surface area contributed by atoms with E-state index in [4.69, 9.17) is 14.2 Å². The molecule has 0 spiro atoms. The molecule has 0 atom stereocenters. The highest BCUT2D eigenvalue weighted by atomic mass is 32.1. The number of hydrogen-bond acceptors (Lipinski definition) is 8. The van der Waals surface area contributed by atoms with Gasteiger partial charge in [0.2, 0.25) is 0 Å². The van der Waals surface area contributed by atoms with Crippen LogP contribution in [0.15, 0.2) is 47.8 Å². The highest BCUT2D eigenvalue weighted by molar-refractivity contribution is 7.17. The Kier molecular flexibility index (Phi) is 8.46. The zero-order chi connectivity index (χ0) is 29.0. The van der Waals surface area contributed by atoms with Crippen LogP contribution in [0.3, 0.4) is 0 Å². The molecule has 41 heavy (non-hydrogen) atoms. The van der Waals surface area contributed by atoms with Crippen LogP contribution in [0.2, 0.25) is 0 Å². The number of nitrogens with one attached hydrogen (secondary N) is 2. The fourth-order valence-electron chi connectivity index (χ4n) is 4.49. The largest absolute Gasteiger partial charge is 0.490 e. The fraction of sp³-hybridized carbons (Fsp3) is 0.333. The molecular weight excluding hydrogens is 547 g/mol. The van der Waals surface area contributed by atoms with Crippen LogP contribution in [0, 0.1) is 5.82 Å². The molecule has 0 aliphatic carbocycles. The Hall–Kier alpha value is -4.09. The average molecular weight is 579 g/mol. The van der Waals surface area contributed by atoms with Crippen molar-refractivity contribution >= 4 is 33.4 Å². The second kappa shape index (κ2) is 12.2. The summed E-state index contributed by atoms with van der Waals surface area (Å²) in [6, 6.07) is 12.1. The summed E-state index contributed by atoms with van der Waals surface area (Å²) < 4.78 is 31.7. The van der Waals surface area contributed by atoms with Crippen molar-refractivity contribution < 1.29 is 28.2 Å². The van der Waals surface area contributed by atoms with Crippen molar-refractivity contribution in [1.82, 2.24) is 20.8 Å². The van der Waals surface area contributed by atoms with E-state index in [1.165, 1.54) is 23.5 Å². The van der Waals surface area contributed by atoms with Gasteiger partial charge in [0.05, 0.1) is 17.9 Å². The molecule has 11 heteroatoms. The summed E-state index contributed by atoms with van der Waals surface area (Å²) in [7, 11) is 0. The van der Waals surface area contributed by atoms with Crippen molar-refractivity contribution in [3.05, 3.63) is 64.8 Å². The van der Waals surface area contributed by atoms with Crippen LogP contribution in [0.1, 0.15) is 36.7 Å². The Morgan fingerprint density at radius 2 is 1.88 bits per heavy atom. The van der Waals surface area contributed by atoms with Crippen LogP contribution >= 0.6 is 11.3 Å². The van der Waals surface area contributed by atoms with Crippen LogP contribution in [-0.4, -0.2) is 60.7 Å². The van der Waals surface area contributed by atoms with E-state index in [0.717, 1.165) is 27.6 Å². The first kappa shape index (κ1) is 28.4. The monoisotopic (exact) mass is 578 g/mol. The predicted molar refractivity (Wildman–Crippen MR) is 155 cm³/mol. The number of benzene rings is 2. The standard InChI is InChI=1S/C30H31FN4O5S/c1-30(2,3)40-29(37)33-11-12-38-13-14-39-24-17-20(31)6-7-21(24)26-27-22(9-15-41-27)25(34-35-26)19-5-4-18-8-10-32-28(36)23(18)16-19/h4-7,9,15-17H,8,10-14H2,1-3H3,(H,32,36)(H,33,37). The normalized spacial score (nSPS) is 13.0. The van der Waals surface area contributed by atoms with Crippen LogP contribution in [0.25, 0.3) is 32.6 Å². The van der Waals surface area contributed by atoms with Gasteiger partial charge in [0.25, 0.3) is 5.91 Å². The minimum atomic E-state index is -0.569. The third-order valence-electron chi connectivity index (χ3n) is 6.29. The molecular formula is C30H31FN4O5S. The van der Waals surface area contributed by atoms with Gasteiger partial charge in [0.1, 0.15) is 35.2 Å². The van der Waals surface area contributed by atoms with E-state index in [-0.39, 0.29) is 32.3 Å². The number of nitrogens with zero attached hydrogens (tertiary/aromatic N) is 2. The summed E-state index contributed by atoms with van der Waals surface area (Å²) in [5.41, 5.74) is 3.75. The van der Waals surface area contributed by atoms with E-state index in [2.05, 4.69) is 20.8 Å². The van der Waals surface area contributed by atoms with Gasteiger partial charge in [-0.3, -0.25) is 4.79 Å². The Morgan fingerprint density at radius 3 is 2.71 bits per heavy atom. The quantitative estimate of drug-likeness (QED) is 0.257. The molecule has 4 aromatic rings. The average Bonchev–Trinajstić information content (AvgIpc) is 3.42. The van der Waals surface area contributed by atoms with E-state index in [1.807, 2.05) is 29.6 Å². The van der Waals surface area contributed by atoms with Crippen LogP contribution in [0.4, 0.5) is 9.18 Å². The number of hydrogen-bond donors (Lipinski definition) is 2. The zero-order valence-corrected chi connectivity index (χ0v) is 23.9. The third-order valence-corrected chi connectivity index (χ3v) is 7.21. The third kappa shape index (κ3) is 6.80. The molecule has 2 N–H and O–H groups in total. The maximum absolute atomic E-state index is 14.2. The Morgan fingerprint density at radius 1 is 1.05 bits per heavy atom. The number of ether oxygens (including phenoxy) is 3. The van der Waals surface area contributed by atoms with Gasteiger partial charge in [-0.05, 0) is 62.4 Å². The number of alkyl carbamates (subject to hydrolysis) is 1. The van der Waals surface area contributed by atoms with E-state index in [0.29, 0.717) is 34.8 Å². The minimum Gasteiger partial charge on any atom is -0.490 e. The molecule has 0 bridgehead atoms. The van der Waals surface area contributed by atoms with E-state index < -0.39 is 17.5 Å². The molecule has 2 aromatic carbocycles. The molecule has 2 aromatic heterocycles. The number of fused-ring (bicyclic) bond motifs is 2. The van der Waals surface area contributed by atoms with Crippen molar-refractivity contribution in [1.29, 1.82) is 0 Å². The van der Waals surface area contributed by atoms with Crippen LogP contribution < -0.4 is 15.4 Å². The Labute approximate surface area is 241 Å². The van der Waals surface area contributed by atoms with Gasteiger partial charge in [-0.2, -0.15) is 0 Å². The first-order chi connectivity index (χ1) is 19.7. The summed E-state index contributed by atoms with van der Waals surface area (Å²) in [6.07, 6.45) is 0.284. The summed E-state index contributed by atoms with van der Waals surface area (Å²) in [6.45, 7) is 6.96. The van der Waals surface area contributed by atoms with E-state index >= 15 is 0 Å². The summed E-state index contributed by atoms with van der Waals surface area (Å²) in [5, 5.41) is 17.4. The molecule has 0 saturated carbocycles. The van der Waals surface area contributed by atoms with Gasteiger partial charge in [0, 0.05) is 41.2 Å². The van der Waals surface area contributed by atoms with Crippen LogP contribution in [-0.2, 0) is 15.9 Å². The maximum Gasteiger partial charge on any atom is 0.407 e. The lowest BCUT2D eigenvalue weighted by Gasteiger charge is -2.19. The summed E-state index contributed by atoms with van der Waals surface area (Å²) in [5.74, 6) is -0.205. The number of thiophene rings is 1. The molecule has 2 amide bonds. The number of rotatable bonds is 9. The first-order valence-corrected chi connectivity index (χ1v) is 14.2. The van der Waals surface area contributed by atoms with Gasteiger partial charge >= 0.3 is 6.09 Å². The topological polar surface area (TPSA) is 112 Å². The van der Waals surface area contributed by atoms with Crippen molar-refractivity contribution in [3.8, 4) is 28.3 Å². The molecule has 214 valence electrons. The van der Waals surface area contributed by atoms with Gasteiger partial charge in [-0.15, -0.1) is 21.5 Å². The van der Waals surface area contributed by atoms with Gasteiger partial charge in [0.15, 0.2) is 0 Å². The van der Waals surface area contributed by atoms with Gasteiger partial charge in [-0.1, -0.05) is 12.1 Å². The molecule has 1 aliphatic rings. The van der Waals surface area contributed by atoms with Crippen molar-refractivity contribution in [2.75, 3.05) is 32.9 Å². The highest BCUT2D eigenvalue weighted by Crippen LogP contribution is 2.39. The SMILES string of the molecule is CC(C)(C)OC(=O)NCCOCCOc1cc(F)ccc1-c1nnc(-c2ccc3c(c2)C(=O)NCC3)c2ccsc12. The lowest BCUT2D eigenvalue weighted by molar-refractivity contribution is 0.0488. The maximum atomic E-state index is 14.2. The second-order valence-electron chi connectivity index (χ2n) is 10.5. The molecule has 0 fully saturated rings. The fourth-order valence-corrected chi connectivity index (χ4v) is 5.38. The van der Waals surface area contributed by atoms with Gasteiger partial charge < -0.3 is 24.8 Å². The van der Waals surface area contributed by atoms with E-state index in [9.17, 15) is 14.0 Å². The Bertz CT molecular complexity index is 1580. The molecule has 0 radical (unpaired) electrons. The summed E-state index contributed by atoms with van der Waals surface area (Å²) >= 11 is 1.50. The van der Waals surface area contributed by atoms with Crippen molar-refractivity contribution in [2.45, 2.75) is 32.8 Å². The lowest BCUT2D eigenvalue weighted by atomic mass is 9.96. The smallest absolute Gasteiger partial charge is 0.407 e. The van der Waals surface area contributed by atoms with Gasteiger partial charge in [-0.25, -0.2) is 9.18 Å². The number of aromatic nitrogens is 2. The molecule has 0 saturated heterocycles. The number of amides is 2.